The SMILES string of the molecule is COc1ccc(-c2nn(-c3ccccc3)cc2C2C3=C(NC(C)(c4cc(O)ccc4Cl)NC3=O)Oc3c2c(C)nn3-c2ccccc2)cc1. The van der Waals surface area contributed by atoms with Gasteiger partial charge in [-0.3, -0.25) is 4.79 Å². The summed E-state index contributed by atoms with van der Waals surface area (Å²) in [6, 6.07) is 31.8. The van der Waals surface area contributed by atoms with Crippen LogP contribution in [0.25, 0.3) is 22.6 Å². The molecule has 0 spiro atoms. The average Bonchev–Trinajstić information content (AvgIpc) is 3.71. The Labute approximate surface area is 287 Å². The molecule has 0 saturated carbocycles. The van der Waals surface area contributed by atoms with Crippen LogP contribution in [0.15, 0.2) is 121 Å². The summed E-state index contributed by atoms with van der Waals surface area (Å²) in [5.41, 5.74) is 4.99. The van der Waals surface area contributed by atoms with Crippen LogP contribution in [0.5, 0.6) is 17.4 Å². The van der Waals surface area contributed by atoms with Crippen LogP contribution < -0.4 is 20.1 Å². The van der Waals surface area contributed by atoms with Crippen LogP contribution in [0.2, 0.25) is 5.02 Å². The molecular formula is C38H31ClN6O4. The molecule has 3 N–H and O–H groups in total. The summed E-state index contributed by atoms with van der Waals surface area (Å²) >= 11 is 6.63. The van der Waals surface area contributed by atoms with Crippen LogP contribution in [0.4, 0.5) is 0 Å². The molecule has 2 aliphatic rings. The van der Waals surface area contributed by atoms with Crippen LogP contribution in [0.3, 0.4) is 0 Å². The molecule has 244 valence electrons. The van der Waals surface area contributed by atoms with E-state index in [4.69, 9.17) is 31.3 Å². The third-order valence-corrected chi connectivity index (χ3v) is 9.31. The first-order valence-corrected chi connectivity index (χ1v) is 16.1. The van der Waals surface area contributed by atoms with Gasteiger partial charge in [-0.25, -0.2) is 9.36 Å². The number of hydrogen-bond donors (Lipinski definition) is 3. The smallest absolute Gasteiger partial charge is 0.255 e. The molecule has 10 nitrogen and oxygen atoms in total. The number of hydrogen-bond acceptors (Lipinski definition) is 7. The summed E-state index contributed by atoms with van der Waals surface area (Å²) in [6.07, 6.45) is 1.96. The summed E-state index contributed by atoms with van der Waals surface area (Å²) in [6.45, 7) is 3.69. The van der Waals surface area contributed by atoms with Gasteiger partial charge in [-0.1, -0.05) is 48.0 Å². The van der Waals surface area contributed by atoms with E-state index in [-0.39, 0.29) is 17.5 Å². The van der Waals surface area contributed by atoms with Crippen LogP contribution in [-0.4, -0.2) is 37.7 Å². The lowest BCUT2D eigenvalue weighted by molar-refractivity contribution is -0.121. The highest BCUT2D eigenvalue weighted by Crippen LogP contribution is 2.49. The van der Waals surface area contributed by atoms with Crippen molar-refractivity contribution in [2.24, 2.45) is 0 Å². The van der Waals surface area contributed by atoms with Gasteiger partial charge in [0, 0.05) is 27.9 Å². The van der Waals surface area contributed by atoms with Gasteiger partial charge in [0.1, 0.15) is 17.2 Å². The number of carbonyl (C=O) groups excluding carboxylic acids is 1. The molecule has 1 amide bonds. The van der Waals surface area contributed by atoms with Gasteiger partial charge in [0.15, 0.2) is 0 Å². The lowest BCUT2D eigenvalue weighted by Crippen LogP contribution is -2.60. The molecular weight excluding hydrogens is 640 g/mol. The molecule has 11 heteroatoms. The van der Waals surface area contributed by atoms with E-state index in [9.17, 15) is 9.90 Å². The fraction of sp³-hybridized carbons (Fsp3) is 0.132. The first-order valence-electron chi connectivity index (χ1n) is 15.7. The van der Waals surface area contributed by atoms with Crippen LogP contribution in [-0.2, 0) is 10.5 Å². The number of aryl methyl sites for hydroxylation is 1. The summed E-state index contributed by atoms with van der Waals surface area (Å²) in [7, 11) is 1.63. The molecule has 6 aromatic rings. The monoisotopic (exact) mass is 670 g/mol. The number of aromatic nitrogens is 4. The number of amides is 1. The number of phenols is 1. The lowest BCUT2D eigenvalue weighted by Gasteiger charge is -2.42. The van der Waals surface area contributed by atoms with Crippen molar-refractivity contribution in [1.82, 2.24) is 30.2 Å². The van der Waals surface area contributed by atoms with Gasteiger partial charge in [-0.2, -0.15) is 10.2 Å². The number of nitrogens with one attached hydrogen (secondary N) is 2. The Morgan fingerprint density at radius 1 is 0.918 bits per heavy atom. The van der Waals surface area contributed by atoms with Crippen molar-refractivity contribution >= 4 is 17.5 Å². The van der Waals surface area contributed by atoms with Gasteiger partial charge in [0.05, 0.1) is 46.9 Å². The Kier molecular flexibility index (Phi) is 7.19. The summed E-state index contributed by atoms with van der Waals surface area (Å²) in [5.74, 6) is 0.414. The molecule has 0 saturated heterocycles. The number of aromatic hydroxyl groups is 1. The van der Waals surface area contributed by atoms with Crippen molar-refractivity contribution in [3.63, 3.8) is 0 Å². The topological polar surface area (TPSA) is 115 Å². The molecule has 8 rings (SSSR count). The zero-order chi connectivity index (χ0) is 33.9. The summed E-state index contributed by atoms with van der Waals surface area (Å²) in [5, 5.41) is 27.3. The minimum atomic E-state index is -1.23. The minimum absolute atomic E-state index is 0.0106. The highest BCUT2D eigenvalue weighted by Gasteiger charge is 2.48. The number of ether oxygens (including phenoxy) is 2. The van der Waals surface area contributed by atoms with Gasteiger partial charge in [0.25, 0.3) is 5.91 Å². The van der Waals surface area contributed by atoms with Crippen molar-refractivity contribution in [2.45, 2.75) is 25.4 Å². The number of methoxy groups -OCH3 is 1. The number of benzene rings is 4. The predicted molar refractivity (Wildman–Crippen MR) is 185 cm³/mol. The fourth-order valence-corrected chi connectivity index (χ4v) is 6.93. The molecule has 2 aromatic heterocycles. The maximum absolute atomic E-state index is 14.5. The molecule has 4 heterocycles. The largest absolute Gasteiger partial charge is 0.508 e. The van der Waals surface area contributed by atoms with Crippen LogP contribution in [0.1, 0.15) is 35.2 Å². The molecule has 0 aliphatic carbocycles. The second kappa shape index (κ2) is 11.6. The van der Waals surface area contributed by atoms with Crippen molar-refractivity contribution in [3.05, 3.63) is 148 Å². The van der Waals surface area contributed by atoms with E-state index in [1.807, 2.05) is 103 Å². The third kappa shape index (κ3) is 5.08. The summed E-state index contributed by atoms with van der Waals surface area (Å²) < 4.78 is 15.7. The van der Waals surface area contributed by atoms with Gasteiger partial charge < -0.3 is 25.2 Å². The molecule has 0 radical (unpaired) electrons. The van der Waals surface area contributed by atoms with Crippen molar-refractivity contribution < 1.29 is 19.4 Å². The number of nitrogens with zero attached hydrogens (tertiary/aromatic N) is 4. The molecule has 49 heavy (non-hydrogen) atoms. The molecule has 2 atom stereocenters. The quantitative estimate of drug-likeness (QED) is 0.180. The van der Waals surface area contributed by atoms with Crippen LogP contribution in [0, 0.1) is 6.92 Å². The zero-order valence-electron chi connectivity index (χ0n) is 26.8. The zero-order valence-corrected chi connectivity index (χ0v) is 27.6. The van der Waals surface area contributed by atoms with E-state index in [1.54, 1.807) is 24.8 Å². The minimum Gasteiger partial charge on any atom is -0.508 e. The Morgan fingerprint density at radius 3 is 2.31 bits per heavy atom. The standard InChI is InChI=1S/C38H31ClN6O4/c1-22-31-32(28-21-44(24-10-6-4-7-11-24)43-34(28)23-14-17-27(48-3)18-15-23)33-35(47)40-38(2,29-20-26(46)16-19-30(29)39)41-36(33)49-37(31)45(42-22)25-12-8-5-9-13-25/h4-21,32,41,46H,1-3H3,(H,40,47). The molecule has 0 bridgehead atoms. The highest BCUT2D eigenvalue weighted by atomic mass is 35.5. The average molecular weight is 671 g/mol. The van der Waals surface area contributed by atoms with Crippen molar-refractivity contribution in [2.75, 3.05) is 7.11 Å². The number of fused-ring (bicyclic) bond motifs is 1. The van der Waals surface area contributed by atoms with Crippen molar-refractivity contribution in [1.29, 1.82) is 0 Å². The second-order valence-electron chi connectivity index (χ2n) is 12.1. The van der Waals surface area contributed by atoms with Gasteiger partial charge >= 0.3 is 0 Å². The lowest BCUT2D eigenvalue weighted by atomic mass is 9.81. The number of halogens is 1. The maximum atomic E-state index is 14.5. The summed E-state index contributed by atoms with van der Waals surface area (Å²) in [4.78, 5) is 14.5. The first kappa shape index (κ1) is 30.3. The maximum Gasteiger partial charge on any atom is 0.255 e. The Hall–Kier alpha value is -6.00. The van der Waals surface area contributed by atoms with Crippen molar-refractivity contribution in [3.8, 4) is 40.0 Å². The van der Waals surface area contributed by atoms with Gasteiger partial charge in [0.2, 0.25) is 11.8 Å². The molecule has 2 unspecified atom stereocenters. The first-order chi connectivity index (χ1) is 23.7. The molecule has 4 aromatic carbocycles. The van der Waals surface area contributed by atoms with Gasteiger partial charge in [-0.05, 0) is 80.6 Å². The molecule has 2 aliphatic heterocycles. The highest BCUT2D eigenvalue weighted by molar-refractivity contribution is 6.31. The van der Waals surface area contributed by atoms with E-state index >= 15 is 0 Å². The number of rotatable bonds is 6. The number of carbonyl (C=O) groups is 1. The van der Waals surface area contributed by atoms with Crippen LogP contribution >= 0.6 is 11.6 Å². The van der Waals surface area contributed by atoms with Gasteiger partial charge in [-0.15, -0.1) is 0 Å². The third-order valence-electron chi connectivity index (χ3n) is 8.98. The number of para-hydroxylation sites is 2. The normalized spacial score (nSPS) is 18.2. The van der Waals surface area contributed by atoms with E-state index in [2.05, 4.69) is 10.6 Å². The Balaban J connectivity index is 1.38. The molecule has 0 fully saturated rings. The Bertz CT molecular complexity index is 2260. The number of phenolic OH excluding ortho intramolecular Hbond substituents is 1. The van der Waals surface area contributed by atoms with E-state index < -0.39 is 11.6 Å². The Morgan fingerprint density at radius 2 is 1.61 bits per heavy atom. The van der Waals surface area contributed by atoms with E-state index in [0.717, 1.165) is 28.1 Å². The fourth-order valence-electron chi connectivity index (χ4n) is 6.63. The second-order valence-corrected chi connectivity index (χ2v) is 12.5. The van der Waals surface area contributed by atoms with E-state index in [0.29, 0.717) is 39.2 Å². The van der Waals surface area contributed by atoms with E-state index in [1.165, 1.54) is 12.1 Å². The predicted octanol–water partition coefficient (Wildman–Crippen LogP) is 6.73.